The summed E-state index contributed by atoms with van der Waals surface area (Å²) in [4.78, 5) is 0. The lowest BCUT2D eigenvalue weighted by Crippen LogP contribution is -2.42. The van der Waals surface area contributed by atoms with Crippen LogP contribution in [0.15, 0.2) is 17.3 Å². The first-order valence-electron chi connectivity index (χ1n) is 7.12. The van der Waals surface area contributed by atoms with Crippen molar-refractivity contribution >= 4 is 23.0 Å². The average Bonchev–Trinajstić information content (AvgIpc) is 2.72. The summed E-state index contributed by atoms with van der Waals surface area (Å²) in [5.41, 5.74) is 4.28. The van der Waals surface area contributed by atoms with Gasteiger partial charge in [-0.2, -0.15) is 5.10 Å². The highest BCUT2D eigenvalue weighted by molar-refractivity contribution is 7.80. The van der Waals surface area contributed by atoms with Gasteiger partial charge in [-0.05, 0) is 43.8 Å². The smallest absolute Gasteiger partial charge is 0.187 e. The molecule has 0 spiro atoms. The van der Waals surface area contributed by atoms with E-state index < -0.39 is 0 Å². The molecule has 0 radical (unpaired) electrons. The number of hydrazone groups is 1. The van der Waals surface area contributed by atoms with Crippen LogP contribution in [0.3, 0.4) is 0 Å². The fourth-order valence-corrected chi connectivity index (χ4v) is 3.46. The summed E-state index contributed by atoms with van der Waals surface area (Å²) in [7, 11) is 0. The highest BCUT2D eigenvalue weighted by Crippen LogP contribution is 2.40. The van der Waals surface area contributed by atoms with Crippen LogP contribution in [0.1, 0.15) is 44.9 Å². The molecule has 2 unspecified atom stereocenters. The molecule has 0 aliphatic heterocycles. The summed E-state index contributed by atoms with van der Waals surface area (Å²) >= 11 is 5.30. The fourth-order valence-electron chi connectivity index (χ4n) is 3.25. The van der Waals surface area contributed by atoms with Gasteiger partial charge in [-0.15, -0.1) is 0 Å². The molecular formula is C14H21N3S. The van der Waals surface area contributed by atoms with E-state index in [0.29, 0.717) is 17.1 Å². The van der Waals surface area contributed by atoms with E-state index in [1.54, 1.807) is 0 Å². The first kappa shape index (κ1) is 12.2. The molecule has 0 aromatic heterocycles. The van der Waals surface area contributed by atoms with Crippen LogP contribution in [0, 0.1) is 11.8 Å². The van der Waals surface area contributed by atoms with Crippen molar-refractivity contribution in [2.75, 3.05) is 0 Å². The van der Waals surface area contributed by atoms with Gasteiger partial charge in [-0.1, -0.05) is 31.4 Å². The molecule has 2 fully saturated rings. The minimum absolute atomic E-state index is 0.555. The SMILES string of the molecule is S=C(NN=C1CC2CC=CC12)NC1CCCCC1. The third-order valence-electron chi connectivity index (χ3n) is 4.39. The lowest BCUT2D eigenvalue weighted by molar-refractivity contribution is 0.411. The van der Waals surface area contributed by atoms with Crippen LogP contribution in [0.4, 0.5) is 0 Å². The first-order valence-corrected chi connectivity index (χ1v) is 7.53. The summed E-state index contributed by atoms with van der Waals surface area (Å²) in [6.07, 6.45) is 13.4. The number of hydrogen-bond acceptors (Lipinski definition) is 2. The van der Waals surface area contributed by atoms with Crippen LogP contribution in [0.2, 0.25) is 0 Å². The maximum absolute atomic E-state index is 5.30. The van der Waals surface area contributed by atoms with Crippen molar-refractivity contribution < 1.29 is 0 Å². The van der Waals surface area contributed by atoms with Gasteiger partial charge < -0.3 is 5.32 Å². The van der Waals surface area contributed by atoms with Crippen LogP contribution in [0.25, 0.3) is 0 Å². The van der Waals surface area contributed by atoms with Crippen molar-refractivity contribution in [1.82, 2.24) is 10.7 Å². The van der Waals surface area contributed by atoms with Gasteiger partial charge in [0.15, 0.2) is 5.11 Å². The van der Waals surface area contributed by atoms with Crippen LogP contribution < -0.4 is 10.7 Å². The second-order valence-electron chi connectivity index (χ2n) is 5.68. The molecule has 3 aliphatic rings. The Balaban J connectivity index is 1.44. The van der Waals surface area contributed by atoms with Crippen LogP contribution in [0.5, 0.6) is 0 Å². The molecule has 0 saturated heterocycles. The van der Waals surface area contributed by atoms with E-state index in [0.717, 1.165) is 12.3 Å². The normalized spacial score (nSPS) is 33.0. The Hall–Kier alpha value is -0.900. The molecule has 0 heterocycles. The Morgan fingerprint density at radius 1 is 1.28 bits per heavy atom. The lowest BCUT2D eigenvalue weighted by atomic mass is 9.74. The molecule has 3 rings (SSSR count). The van der Waals surface area contributed by atoms with Gasteiger partial charge in [-0.25, -0.2) is 0 Å². The maximum atomic E-state index is 5.30. The zero-order chi connectivity index (χ0) is 12.4. The first-order chi connectivity index (χ1) is 8.83. The van der Waals surface area contributed by atoms with Gasteiger partial charge in [-0.3, -0.25) is 5.43 Å². The minimum atomic E-state index is 0.555. The van der Waals surface area contributed by atoms with E-state index in [1.165, 1.54) is 44.2 Å². The average molecular weight is 263 g/mol. The predicted molar refractivity (Wildman–Crippen MR) is 78.5 cm³/mol. The molecule has 98 valence electrons. The van der Waals surface area contributed by atoms with E-state index in [2.05, 4.69) is 28.0 Å². The Morgan fingerprint density at radius 2 is 2.11 bits per heavy atom. The van der Waals surface area contributed by atoms with Crippen molar-refractivity contribution in [1.29, 1.82) is 0 Å². The standard InChI is InChI=1S/C14H21N3S/c18-14(15-11-6-2-1-3-7-11)17-16-13-9-10-5-4-8-12(10)13/h4,8,10-12H,1-3,5-7,9H2,(H2,15,17,18). The van der Waals surface area contributed by atoms with E-state index in [4.69, 9.17) is 12.2 Å². The van der Waals surface area contributed by atoms with Gasteiger partial charge in [0, 0.05) is 17.7 Å². The summed E-state index contributed by atoms with van der Waals surface area (Å²) in [6, 6.07) is 0.555. The second-order valence-corrected chi connectivity index (χ2v) is 6.09. The van der Waals surface area contributed by atoms with Crippen molar-refractivity contribution in [3.8, 4) is 0 Å². The number of thiocarbonyl (C=S) groups is 1. The number of allylic oxidation sites excluding steroid dienone is 2. The molecule has 2 saturated carbocycles. The Kier molecular flexibility index (Phi) is 3.64. The largest absolute Gasteiger partial charge is 0.359 e. The summed E-state index contributed by atoms with van der Waals surface area (Å²) in [6.45, 7) is 0. The zero-order valence-electron chi connectivity index (χ0n) is 10.7. The molecule has 0 amide bonds. The second kappa shape index (κ2) is 5.39. The number of hydrogen-bond donors (Lipinski definition) is 2. The molecule has 4 heteroatoms. The Labute approximate surface area is 114 Å². The monoisotopic (exact) mass is 263 g/mol. The molecular weight excluding hydrogens is 242 g/mol. The highest BCUT2D eigenvalue weighted by Gasteiger charge is 2.37. The van der Waals surface area contributed by atoms with Crippen LogP contribution in [-0.4, -0.2) is 16.9 Å². The van der Waals surface area contributed by atoms with Crippen LogP contribution >= 0.6 is 12.2 Å². The van der Waals surface area contributed by atoms with Crippen LogP contribution in [-0.2, 0) is 0 Å². The molecule has 3 nitrogen and oxygen atoms in total. The molecule has 0 aromatic carbocycles. The fraction of sp³-hybridized carbons (Fsp3) is 0.714. The van der Waals surface area contributed by atoms with Gasteiger partial charge in [0.2, 0.25) is 0 Å². The van der Waals surface area contributed by atoms with Gasteiger partial charge in [0.1, 0.15) is 0 Å². The number of nitrogens with one attached hydrogen (secondary N) is 2. The zero-order valence-corrected chi connectivity index (χ0v) is 11.5. The number of nitrogens with zero attached hydrogens (tertiary/aromatic N) is 1. The van der Waals surface area contributed by atoms with E-state index in [9.17, 15) is 0 Å². The van der Waals surface area contributed by atoms with Crippen molar-refractivity contribution in [2.45, 2.75) is 51.0 Å². The lowest BCUT2D eigenvalue weighted by Gasteiger charge is -2.32. The molecule has 2 atom stereocenters. The summed E-state index contributed by atoms with van der Waals surface area (Å²) in [5.74, 6) is 1.42. The summed E-state index contributed by atoms with van der Waals surface area (Å²) < 4.78 is 0. The Morgan fingerprint density at radius 3 is 2.89 bits per heavy atom. The number of fused-ring (bicyclic) bond motifs is 1. The van der Waals surface area contributed by atoms with Crippen molar-refractivity contribution in [3.05, 3.63) is 12.2 Å². The molecule has 2 N–H and O–H groups in total. The van der Waals surface area contributed by atoms with Gasteiger partial charge in [0.25, 0.3) is 0 Å². The predicted octanol–water partition coefficient (Wildman–Crippen LogP) is 2.74. The van der Waals surface area contributed by atoms with E-state index in [-0.39, 0.29) is 0 Å². The number of rotatable bonds is 2. The molecule has 0 aromatic rings. The van der Waals surface area contributed by atoms with E-state index in [1.807, 2.05) is 0 Å². The third kappa shape index (κ3) is 2.58. The Bertz CT molecular complexity index is 383. The molecule has 3 aliphatic carbocycles. The van der Waals surface area contributed by atoms with Gasteiger partial charge in [0.05, 0.1) is 0 Å². The third-order valence-corrected chi connectivity index (χ3v) is 4.60. The van der Waals surface area contributed by atoms with Crippen molar-refractivity contribution in [3.63, 3.8) is 0 Å². The molecule has 18 heavy (non-hydrogen) atoms. The van der Waals surface area contributed by atoms with Gasteiger partial charge >= 0.3 is 0 Å². The molecule has 0 bridgehead atoms. The summed E-state index contributed by atoms with van der Waals surface area (Å²) in [5, 5.41) is 8.52. The maximum Gasteiger partial charge on any atom is 0.187 e. The van der Waals surface area contributed by atoms with E-state index >= 15 is 0 Å². The quantitative estimate of drug-likeness (QED) is 0.457. The highest BCUT2D eigenvalue weighted by atomic mass is 32.1. The van der Waals surface area contributed by atoms with Crippen molar-refractivity contribution in [2.24, 2.45) is 16.9 Å². The minimum Gasteiger partial charge on any atom is -0.359 e. The topological polar surface area (TPSA) is 36.4 Å².